The third kappa shape index (κ3) is 3.81. The third-order valence-corrected chi connectivity index (χ3v) is 4.16. The molecule has 2 rings (SSSR count). The van der Waals surface area contributed by atoms with Crippen LogP contribution in [0.15, 0.2) is 30.3 Å². The van der Waals surface area contributed by atoms with Crippen LogP contribution in [-0.2, 0) is 4.79 Å². The van der Waals surface area contributed by atoms with Crippen LogP contribution in [-0.4, -0.2) is 44.0 Å². The maximum atomic E-state index is 11.8. The molecule has 0 radical (unpaired) electrons. The molecule has 2 unspecified atom stereocenters. The summed E-state index contributed by atoms with van der Waals surface area (Å²) in [6, 6.07) is 10.4. The van der Waals surface area contributed by atoms with E-state index in [0.29, 0.717) is 12.5 Å². The predicted molar refractivity (Wildman–Crippen MR) is 81.5 cm³/mol. The number of benzene rings is 1. The van der Waals surface area contributed by atoms with Gasteiger partial charge < -0.3 is 16.0 Å². The van der Waals surface area contributed by atoms with Gasteiger partial charge in [-0.3, -0.25) is 4.79 Å². The minimum atomic E-state index is 0.128. The fourth-order valence-corrected chi connectivity index (χ4v) is 2.99. The van der Waals surface area contributed by atoms with Crippen molar-refractivity contribution in [3.05, 3.63) is 35.9 Å². The Balaban J connectivity index is 1.96. The summed E-state index contributed by atoms with van der Waals surface area (Å²) in [6.07, 6.45) is 2.08. The number of rotatable bonds is 5. The highest BCUT2D eigenvalue weighted by molar-refractivity contribution is 5.78. The minimum absolute atomic E-state index is 0.128. The first-order chi connectivity index (χ1) is 9.74. The van der Waals surface area contributed by atoms with Crippen LogP contribution in [0.1, 0.15) is 24.3 Å². The third-order valence-electron chi connectivity index (χ3n) is 4.16. The zero-order valence-electron chi connectivity index (χ0n) is 12.2. The van der Waals surface area contributed by atoms with Crippen molar-refractivity contribution in [2.24, 2.45) is 11.7 Å². The van der Waals surface area contributed by atoms with Crippen molar-refractivity contribution in [2.75, 3.05) is 33.2 Å². The van der Waals surface area contributed by atoms with Gasteiger partial charge in [0.1, 0.15) is 0 Å². The number of likely N-dealkylation sites (tertiary alicyclic amines) is 1. The molecule has 1 aliphatic heterocycles. The highest BCUT2D eigenvalue weighted by Gasteiger charge is 2.26. The van der Waals surface area contributed by atoms with Crippen molar-refractivity contribution in [1.82, 2.24) is 10.2 Å². The van der Waals surface area contributed by atoms with E-state index in [0.717, 1.165) is 32.5 Å². The largest absolute Gasteiger partial charge is 0.359 e. The second kappa shape index (κ2) is 7.41. The van der Waals surface area contributed by atoms with Crippen LogP contribution in [0.4, 0.5) is 0 Å². The van der Waals surface area contributed by atoms with E-state index >= 15 is 0 Å². The summed E-state index contributed by atoms with van der Waals surface area (Å²) in [7, 11) is 1.72. The molecule has 110 valence electrons. The molecular formula is C16H25N3O. The van der Waals surface area contributed by atoms with E-state index in [4.69, 9.17) is 5.73 Å². The molecule has 2 atom stereocenters. The fraction of sp³-hybridized carbons (Fsp3) is 0.562. The van der Waals surface area contributed by atoms with E-state index in [1.165, 1.54) is 5.56 Å². The molecule has 1 aromatic rings. The van der Waals surface area contributed by atoms with Gasteiger partial charge in [0.05, 0.1) is 5.92 Å². The second-order valence-electron chi connectivity index (χ2n) is 5.56. The molecule has 1 aromatic carbocycles. The number of nitrogens with two attached hydrogens (primary N) is 1. The molecular weight excluding hydrogens is 250 g/mol. The van der Waals surface area contributed by atoms with Crippen LogP contribution in [0, 0.1) is 5.92 Å². The monoisotopic (exact) mass is 275 g/mol. The van der Waals surface area contributed by atoms with E-state index in [-0.39, 0.29) is 11.8 Å². The van der Waals surface area contributed by atoms with E-state index in [1.807, 2.05) is 6.07 Å². The SMILES string of the molecule is CNC(=O)C1CCCN(CC(CN)c2ccccc2)C1. The molecule has 1 aliphatic rings. The van der Waals surface area contributed by atoms with Crippen LogP contribution < -0.4 is 11.1 Å². The lowest BCUT2D eigenvalue weighted by molar-refractivity contribution is -0.126. The van der Waals surface area contributed by atoms with Gasteiger partial charge in [-0.15, -0.1) is 0 Å². The smallest absolute Gasteiger partial charge is 0.224 e. The zero-order chi connectivity index (χ0) is 14.4. The zero-order valence-corrected chi connectivity index (χ0v) is 12.2. The van der Waals surface area contributed by atoms with Gasteiger partial charge in [0.25, 0.3) is 0 Å². The first kappa shape index (κ1) is 15.0. The molecule has 1 saturated heterocycles. The number of carbonyl (C=O) groups excluding carboxylic acids is 1. The van der Waals surface area contributed by atoms with E-state index in [2.05, 4.69) is 34.5 Å². The molecule has 20 heavy (non-hydrogen) atoms. The van der Waals surface area contributed by atoms with Crippen molar-refractivity contribution in [3.63, 3.8) is 0 Å². The highest BCUT2D eigenvalue weighted by atomic mass is 16.1. The molecule has 4 heteroatoms. The summed E-state index contributed by atoms with van der Waals surface area (Å²) in [5.41, 5.74) is 7.23. The minimum Gasteiger partial charge on any atom is -0.359 e. The van der Waals surface area contributed by atoms with Gasteiger partial charge in [-0.05, 0) is 24.9 Å². The maximum absolute atomic E-state index is 11.8. The first-order valence-electron chi connectivity index (χ1n) is 7.43. The van der Waals surface area contributed by atoms with Crippen LogP contribution in [0.3, 0.4) is 0 Å². The maximum Gasteiger partial charge on any atom is 0.224 e. The van der Waals surface area contributed by atoms with Gasteiger partial charge in [-0.2, -0.15) is 0 Å². The Morgan fingerprint density at radius 3 is 2.85 bits per heavy atom. The van der Waals surface area contributed by atoms with Gasteiger partial charge in [0.2, 0.25) is 5.91 Å². The summed E-state index contributed by atoms with van der Waals surface area (Å²) in [6.45, 7) is 3.50. The summed E-state index contributed by atoms with van der Waals surface area (Å²) < 4.78 is 0. The number of amides is 1. The van der Waals surface area contributed by atoms with Gasteiger partial charge in [-0.25, -0.2) is 0 Å². The quantitative estimate of drug-likeness (QED) is 0.848. The van der Waals surface area contributed by atoms with E-state index in [1.54, 1.807) is 7.05 Å². The lowest BCUT2D eigenvalue weighted by Crippen LogP contribution is -2.44. The predicted octanol–water partition coefficient (Wildman–Crippen LogP) is 1.19. The Morgan fingerprint density at radius 2 is 2.20 bits per heavy atom. The number of nitrogens with zero attached hydrogens (tertiary/aromatic N) is 1. The Morgan fingerprint density at radius 1 is 1.45 bits per heavy atom. The lowest BCUT2D eigenvalue weighted by atomic mass is 9.94. The molecule has 3 N–H and O–H groups in total. The summed E-state index contributed by atoms with van der Waals surface area (Å²) in [5.74, 6) is 0.640. The van der Waals surface area contributed by atoms with Gasteiger partial charge >= 0.3 is 0 Å². The molecule has 1 heterocycles. The first-order valence-corrected chi connectivity index (χ1v) is 7.43. The normalized spacial score (nSPS) is 21.4. The molecule has 0 saturated carbocycles. The number of hydrogen-bond acceptors (Lipinski definition) is 3. The molecule has 4 nitrogen and oxygen atoms in total. The van der Waals surface area contributed by atoms with Crippen LogP contribution in [0.5, 0.6) is 0 Å². The van der Waals surface area contributed by atoms with Crippen LogP contribution in [0.2, 0.25) is 0 Å². The molecule has 1 amide bonds. The number of carbonyl (C=O) groups is 1. The van der Waals surface area contributed by atoms with Crippen molar-refractivity contribution >= 4 is 5.91 Å². The fourth-order valence-electron chi connectivity index (χ4n) is 2.99. The molecule has 0 spiro atoms. The Labute approximate surface area is 121 Å². The molecule has 0 aliphatic carbocycles. The summed E-state index contributed by atoms with van der Waals surface area (Å²) >= 11 is 0. The van der Waals surface area contributed by atoms with Crippen molar-refractivity contribution in [2.45, 2.75) is 18.8 Å². The average molecular weight is 275 g/mol. The standard InChI is InChI=1S/C16H25N3O/c1-18-16(20)14-8-5-9-19(11-14)12-15(10-17)13-6-3-2-4-7-13/h2-4,6-7,14-15H,5,8-12,17H2,1H3,(H,18,20). The lowest BCUT2D eigenvalue weighted by Gasteiger charge is -2.34. The number of nitrogens with one attached hydrogen (secondary N) is 1. The molecule has 0 bridgehead atoms. The van der Waals surface area contributed by atoms with Gasteiger partial charge in [-0.1, -0.05) is 30.3 Å². The topological polar surface area (TPSA) is 58.4 Å². The Bertz CT molecular complexity index is 421. The van der Waals surface area contributed by atoms with Crippen molar-refractivity contribution < 1.29 is 4.79 Å². The number of hydrogen-bond donors (Lipinski definition) is 2. The van der Waals surface area contributed by atoms with E-state index < -0.39 is 0 Å². The molecule has 0 aromatic heterocycles. The summed E-state index contributed by atoms with van der Waals surface area (Å²) in [5, 5.41) is 2.76. The number of piperidine rings is 1. The summed E-state index contributed by atoms with van der Waals surface area (Å²) in [4.78, 5) is 14.2. The van der Waals surface area contributed by atoms with Crippen molar-refractivity contribution in [3.8, 4) is 0 Å². The van der Waals surface area contributed by atoms with Crippen molar-refractivity contribution in [1.29, 1.82) is 0 Å². The van der Waals surface area contributed by atoms with Gasteiger partial charge in [0, 0.05) is 32.6 Å². The van der Waals surface area contributed by atoms with Gasteiger partial charge in [0.15, 0.2) is 0 Å². The second-order valence-corrected chi connectivity index (χ2v) is 5.56. The Kier molecular flexibility index (Phi) is 5.56. The molecule has 1 fully saturated rings. The van der Waals surface area contributed by atoms with E-state index in [9.17, 15) is 4.79 Å². The average Bonchev–Trinajstić information content (AvgIpc) is 2.53. The Hall–Kier alpha value is -1.39. The highest BCUT2D eigenvalue weighted by Crippen LogP contribution is 2.21. The van der Waals surface area contributed by atoms with Crippen LogP contribution >= 0.6 is 0 Å². The van der Waals surface area contributed by atoms with Crippen LogP contribution in [0.25, 0.3) is 0 Å².